The van der Waals surface area contributed by atoms with E-state index in [1.54, 1.807) is 46.0 Å². The maximum absolute atomic E-state index is 13.6. The quantitative estimate of drug-likeness (QED) is 0.477. The molecule has 3 amide bonds. The lowest BCUT2D eigenvalue weighted by Gasteiger charge is -2.40. The summed E-state index contributed by atoms with van der Waals surface area (Å²) in [4.78, 5) is 63.8. The standard InChI is InChI=1S/C24H28ClN5O6/c1-24(2,3)36-22(33)16(21(32)35-6)18-27-19-17(28(18)4)20(31)30(23(34)29(19)5)11-12-10-13-14(25)8-7-9-15(13)26-12/h7-10,16-17,19,26H,11H2,1-6H3. The van der Waals surface area contributed by atoms with Crippen molar-refractivity contribution in [2.45, 2.75) is 45.1 Å². The number of esters is 2. The summed E-state index contributed by atoms with van der Waals surface area (Å²) in [7, 11) is 4.21. The number of nitrogens with zero attached hydrogens (tertiary/aromatic N) is 4. The van der Waals surface area contributed by atoms with Crippen molar-refractivity contribution in [3.63, 3.8) is 0 Å². The summed E-state index contributed by atoms with van der Waals surface area (Å²) < 4.78 is 10.2. The first kappa shape index (κ1) is 25.5. The second kappa shape index (κ2) is 9.12. The van der Waals surface area contributed by atoms with Gasteiger partial charge in [0.25, 0.3) is 5.91 Å². The fourth-order valence-electron chi connectivity index (χ4n) is 4.43. The summed E-state index contributed by atoms with van der Waals surface area (Å²) in [5, 5.41) is 1.33. The summed E-state index contributed by atoms with van der Waals surface area (Å²) in [6.07, 6.45) is -0.923. The van der Waals surface area contributed by atoms with Gasteiger partial charge in [-0.3, -0.25) is 19.3 Å². The van der Waals surface area contributed by atoms with E-state index in [4.69, 9.17) is 21.1 Å². The molecule has 0 bridgehead atoms. The van der Waals surface area contributed by atoms with Crippen LogP contribution in [-0.2, 0) is 30.4 Å². The van der Waals surface area contributed by atoms with Crippen LogP contribution in [0.5, 0.6) is 0 Å². The lowest BCUT2D eigenvalue weighted by Crippen LogP contribution is -2.64. The Kier molecular flexibility index (Phi) is 6.46. The lowest BCUT2D eigenvalue weighted by molar-refractivity contribution is -0.165. The first-order chi connectivity index (χ1) is 16.8. The van der Waals surface area contributed by atoms with Crippen LogP contribution in [0.4, 0.5) is 4.79 Å². The monoisotopic (exact) mass is 517 g/mol. The molecule has 3 heterocycles. The predicted octanol–water partition coefficient (Wildman–Crippen LogP) is 2.38. The Labute approximate surface area is 213 Å². The number of hydrogen-bond acceptors (Lipinski definition) is 8. The van der Waals surface area contributed by atoms with Crippen molar-refractivity contribution in [3.8, 4) is 0 Å². The van der Waals surface area contributed by atoms with Gasteiger partial charge in [0.1, 0.15) is 11.4 Å². The number of methoxy groups -OCH3 is 1. The molecule has 1 saturated heterocycles. The van der Waals surface area contributed by atoms with Gasteiger partial charge < -0.3 is 24.3 Å². The molecule has 0 radical (unpaired) electrons. The third-order valence-corrected chi connectivity index (χ3v) is 6.44. The van der Waals surface area contributed by atoms with Gasteiger partial charge in [0.15, 0.2) is 12.2 Å². The van der Waals surface area contributed by atoms with Crippen LogP contribution in [0.1, 0.15) is 26.5 Å². The first-order valence-electron chi connectivity index (χ1n) is 11.3. The number of halogens is 1. The Bertz CT molecular complexity index is 1280. The molecule has 3 unspecified atom stereocenters. The second-order valence-corrected chi connectivity index (χ2v) is 10.2. The fraction of sp³-hybridized carbons (Fsp3) is 0.458. The number of amides is 3. The largest absolute Gasteiger partial charge is 0.468 e. The van der Waals surface area contributed by atoms with E-state index in [-0.39, 0.29) is 12.4 Å². The molecule has 11 nitrogen and oxygen atoms in total. The number of ether oxygens (including phenoxy) is 2. The van der Waals surface area contributed by atoms with Crippen molar-refractivity contribution >= 4 is 52.2 Å². The molecule has 1 N–H and O–H groups in total. The molecule has 2 aliphatic heterocycles. The summed E-state index contributed by atoms with van der Waals surface area (Å²) in [5.74, 6) is -3.75. The van der Waals surface area contributed by atoms with Gasteiger partial charge in [0.05, 0.1) is 13.7 Å². The Balaban J connectivity index is 1.64. The minimum absolute atomic E-state index is 0.00153. The van der Waals surface area contributed by atoms with Crippen molar-refractivity contribution < 1.29 is 28.7 Å². The number of fused-ring (bicyclic) bond motifs is 2. The minimum Gasteiger partial charge on any atom is -0.468 e. The van der Waals surface area contributed by atoms with E-state index in [1.807, 2.05) is 6.07 Å². The number of carbonyl (C=O) groups is 4. The zero-order chi connectivity index (χ0) is 26.5. The number of nitrogens with one attached hydrogen (secondary N) is 1. The van der Waals surface area contributed by atoms with Gasteiger partial charge in [-0.05, 0) is 39.0 Å². The Morgan fingerprint density at radius 2 is 1.86 bits per heavy atom. The van der Waals surface area contributed by atoms with E-state index in [0.717, 1.165) is 22.9 Å². The molecule has 0 spiro atoms. The van der Waals surface area contributed by atoms with E-state index in [1.165, 1.54) is 16.8 Å². The molecule has 1 aromatic carbocycles. The van der Waals surface area contributed by atoms with Gasteiger partial charge in [-0.25, -0.2) is 9.79 Å². The Morgan fingerprint density at radius 3 is 2.47 bits per heavy atom. The minimum atomic E-state index is -1.51. The molecule has 3 atom stereocenters. The van der Waals surface area contributed by atoms with Crippen molar-refractivity contribution in [3.05, 3.63) is 35.0 Å². The number of benzene rings is 1. The number of likely N-dealkylation sites (N-methyl/N-ethyl adjacent to an activating group) is 2. The molecule has 12 heteroatoms. The fourth-order valence-corrected chi connectivity index (χ4v) is 4.66. The van der Waals surface area contributed by atoms with Crippen LogP contribution in [0, 0.1) is 5.92 Å². The lowest BCUT2D eigenvalue weighted by atomic mass is 10.1. The van der Waals surface area contributed by atoms with Crippen LogP contribution in [0.3, 0.4) is 0 Å². The molecule has 2 aromatic rings. The average Bonchev–Trinajstić information content (AvgIpc) is 3.36. The van der Waals surface area contributed by atoms with Crippen molar-refractivity contribution in [2.24, 2.45) is 10.9 Å². The normalized spacial score (nSPS) is 21.0. The van der Waals surface area contributed by atoms with Gasteiger partial charge >= 0.3 is 18.0 Å². The summed E-state index contributed by atoms with van der Waals surface area (Å²) in [6.45, 7) is 4.99. The molecule has 0 saturated carbocycles. The number of urea groups is 1. The van der Waals surface area contributed by atoms with Crippen LogP contribution in [0.2, 0.25) is 5.02 Å². The Morgan fingerprint density at radius 1 is 1.17 bits per heavy atom. The number of hydrogen-bond donors (Lipinski definition) is 1. The Hall–Kier alpha value is -3.60. The highest BCUT2D eigenvalue weighted by molar-refractivity contribution is 6.35. The van der Waals surface area contributed by atoms with Crippen molar-refractivity contribution in [2.75, 3.05) is 21.2 Å². The first-order valence-corrected chi connectivity index (χ1v) is 11.7. The molecule has 36 heavy (non-hydrogen) atoms. The smallest absolute Gasteiger partial charge is 0.328 e. The van der Waals surface area contributed by atoms with Gasteiger partial charge in [-0.15, -0.1) is 0 Å². The van der Waals surface area contributed by atoms with Gasteiger partial charge in [0.2, 0.25) is 5.92 Å². The van der Waals surface area contributed by atoms with Gasteiger partial charge in [-0.1, -0.05) is 17.7 Å². The van der Waals surface area contributed by atoms with Crippen LogP contribution in [-0.4, -0.2) is 88.4 Å². The maximum Gasteiger partial charge on any atom is 0.328 e. The van der Waals surface area contributed by atoms with E-state index in [0.29, 0.717) is 10.7 Å². The zero-order valence-electron chi connectivity index (χ0n) is 20.9. The number of amidine groups is 1. The maximum atomic E-state index is 13.6. The molecular formula is C24H28ClN5O6. The zero-order valence-corrected chi connectivity index (χ0v) is 21.6. The highest BCUT2D eigenvalue weighted by Crippen LogP contribution is 2.32. The third kappa shape index (κ3) is 4.39. The third-order valence-electron chi connectivity index (χ3n) is 6.11. The van der Waals surface area contributed by atoms with Crippen LogP contribution < -0.4 is 0 Å². The molecule has 2 aliphatic rings. The van der Waals surface area contributed by atoms with E-state index in [9.17, 15) is 19.2 Å². The molecule has 4 rings (SSSR count). The van der Waals surface area contributed by atoms with Crippen molar-refractivity contribution in [1.82, 2.24) is 19.7 Å². The number of aromatic nitrogens is 1. The highest BCUT2D eigenvalue weighted by atomic mass is 35.5. The topological polar surface area (TPSA) is 125 Å². The highest BCUT2D eigenvalue weighted by Gasteiger charge is 2.54. The second-order valence-electron chi connectivity index (χ2n) is 9.76. The molecule has 0 aliphatic carbocycles. The molecule has 192 valence electrons. The number of H-pyrrole nitrogens is 1. The van der Waals surface area contributed by atoms with E-state index in [2.05, 4.69) is 9.98 Å². The number of aromatic amines is 1. The number of rotatable bonds is 5. The summed E-state index contributed by atoms with van der Waals surface area (Å²) >= 11 is 6.26. The van der Waals surface area contributed by atoms with E-state index >= 15 is 0 Å². The van der Waals surface area contributed by atoms with Crippen molar-refractivity contribution in [1.29, 1.82) is 0 Å². The van der Waals surface area contributed by atoms with E-state index < -0.39 is 47.6 Å². The van der Waals surface area contributed by atoms with Gasteiger partial charge in [0, 0.05) is 35.7 Å². The average molecular weight is 518 g/mol. The molecule has 1 aromatic heterocycles. The SMILES string of the molecule is COC(=O)C(C(=O)OC(C)(C)C)C1=NC2C(C(=O)N(Cc3cc4c(Cl)cccc4[nH]3)C(=O)N2C)N1C. The number of imide groups is 1. The summed E-state index contributed by atoms with van der Waals surface area (Å²) in [6, 6.07) is 5.70. The number of aliphatic imine (C=N–C) groups is 1. The van der Waals surface area contributed by atoms with Crippen LogP contribution in [0.15, 0.2) is 29.3 Å². The summed E-state index contributed by atoms with van der Waals surface area (Å²) in [5.41, 5.74) is 0.535. The van der Waals surface area contributed by atoms with Crippen LogP contribution in [0.25, 0.3) is 10.9 Å². The number of carbonyl (C=O) groups excluding carboxylic acids is 4. The van der Waals surface area contributed by atoms with Gasteiger partial charge in [-0.2, -0.15) is 0 Å². The predicted molar refractivity (Wildman–Crippen MR) is 131 cm³/mol. The van der Waals surface area contributed by atoms with Crippen LogP contribution >= 0.6 is 11.6 Å². The molecule has 1 fully saturated rings. The molecular weight excluding hydrogens is 490 g/mol.